The molecular weight excluding hydrogens is 967 g/mol. The number of rotatable bonds is 16. The summed E-state index contributed by atoms with van der Waals surface area (Å²) in [6.45, 7) is 2.11. The average Bonchev–Trinajstić information content (AvgIpc) is 3.07. The second kappa shape index (κ2) is 22.9. The molecule has 0 aliphatic rings. The number of benzene rings is 4. The van der Waals surface area contributed by atoms with Gasteiger partial charge in [-0.25, -0.2) is 21.0 Å². The van der Waals surface area contributed by atoms with Crippen LogP contribution in [-0.4, -0.2) is 92.1 Å². The van der Waals surface area contributed by atoms with Gasteiger partial charge in [0.2, 0.25) is 0 Å². The Hall–Kier alpha value is -0.820. The van der Waals surface area contributed by atoms with Gasteiger partial charge in [-0.2, -0.15) is 38.8 Å². The first kappa shape index (κ1) is 59.2. The van der Waals surface area contributed by atoms with Crippen LogP contribution in [0.2, 0.25) is 0 Å². The number of nitrogens with zero attached hydrogens (tertiary/aromatic N) is 4. The number of nitrogens with one attached hydrogen (secondary N) is 1. The number of sulfone groups is 2. The number of phenolic OH excluding ortho intramolecular Hbond substituents is 1. The van der Waals surface area contributed by atoms with Crippen LogP contribution in [0.4, 0.5) is 28.4 Å². The summed E-state index contributed by atoms with van der Waals surface area (Å²) >= 11 is 0. The maximum atomic E-state index is 12.7. The predicted octanol–water partition coefficient (Wildman–Crippen LogP) is -8.35. The molecule has 0 fully saturated rings. The van der Waals surface area contributed by atoms with Gasteiger partial charge in [0.05, 0.1) is 33.5 Å². The summed E-state index contributed by atoms with van der Waals surface area (Å²) in [4.78, 5) is -3.32. The van der Waals surface area contributed by atoms with Gasteiger partial charge < -0.3 is 10.4 Å². The summed E-state index contributed by atoms with van der Waals surface area (Å²) < 4.78 is 186. The van der Waals surface area contributed by atoms with Crippen LogP contribution in [0.3, 0.4) is 0 Å². The van der Waals surface area contributed by atoms with Crippen LogP contribution < -0.4 is 124 Å². The minimum atomic E-state index is -5.35. The molecule has 0 heterocycles. The summed E-state index contributed by atoms with van der Waals surface area (Å²) in [5.74, 6) is -3.31. The molecule has 0 spiro atoms. The summed E-state index contributed by atoms with van der Waals surface area (Å²) in [6.07, 6.45) is 0. The molecule has 4 rings (SSSR count). The third-order valence-electron chi connectivity index (χ3n) is 6.99. The Balaban J connectivity index is 0.00000870. The van der Waals surface area contributed by atoms with Crippen molar-refractivity contribution in [1.29, 1.82) is 0 Å². The molecule has 4 aromatic rings. The first-order valence-corrected chi connectivity index (χ1v) is 23.4. The van der Waals surface area contributed by atoms with Crippen LogP contribution in [-0.2, 0) is 64.6 Å². The van der Waals surface area contributed by atoms with E-state index in [4.69, 9.17) is 4.55 Å². The van der Waals surface area contributed by atoms with Gasteiger partial charge in [-0.15, -0.1) is 15.3 Å². The van der Waals surface area contributed by atoms with Crippen LogP contribution in [0, 0.1) is 0 Å². The zero-order chi connectivity index (χ0) is 42.1. The fourth-order valence-corrected chi connectivity index (χ4v) is 8.40. The van der Waals surface area contributed by atoms with Crippen molar-refractivity contribution in [3.05, 3.63) is 72.7 Å². The van der Waals surface area contributed by atoms with E-state index in [0.717, 1.165) is 42.5 Å². The molecule has 0 saturated carbocycles. The fraction of sp³-hybridized carbons (Fsp3) is 0.111. The van der Waals surface area contributed by atoms with Crippen molar-refractivity contribution >= 4 is 99.6 Å². The van der Waals surface area contributed by atoms with E-state index in [1.165, 1.54) is 0 Å². The molecule has 0 radical (unpaired) electrons. The van der Waals surface area contributed by atoms with E-state index in [9.17, 15) is 69.3 Å². The van der Waals surface area contributed by atoms with E-state index in [-0.39, 0.29) is 134 Å². The molecule has 6 N–H and O–H groups in total. The van der Waals surface area contributed by atoms with E-state index in [1.807, 2.05) is 0 Å². The molecule has 0 aliphatic carbocycles. The van der Waals surface area contributed by atoms with Crippen molar-refractivity contribution in [1.82, 2.24) is 0 Å². The monoisotopic (exact) mass is 991 g/mol. The number of aromatic hydroxyl groups is 1. The molecular formula is C27H25N5Na4O18S6+4. The quantitative estimate of drug-likeness (QED) is 0.0345. The largest absolute Gasteiger partial charge is 1.00 e. The maximum absolute atomic E-state index is 12.7. The number of hydrogen-bond acceptors (Lipinski definition) is 19. The number of anilines is 1. The molecule has 0 bridgehead atoms. The first-order valence-electron chi connectivity index (χ1n) is 14.4. The Kier molecular flexibility index (Phi) is 22.6. The van der Waals surface area contributed by atoms with Gasteiger partial charge in [0.25, 0.3) is 30.4 Å². The first-order chi connectivity index (χ1) is 25.6. The van der Waals surface area contributed by atoms with Crippen LogP contribution in [0.5, 0.6) is 5.75 Å². The van der Waals surface area contributed by atoms with Crippen molar-refractivity contribution in [2.75, 3.05) is 23.6 Å². The Morgan fingerprint density at radius 1 is 0.633 bits per heavy atom. The molecule has 0 aromatic heterocycles. The van der Waals surface area contributed by atoms with Crippen LogP contribution in [0.25, 0.3) is 10.8 Å². The van der Waals surface area contributed by atoms with E-state index >= 15 is 0 Å². The maximum Gasteiger partial charge on any atom is 1.00 e. The Labute approximate surface area is 431 Å². The molecule has 0 aliphatic heterocycles. The molecule has 4 aromatic carbocycles. The summed E-state index contributed by atoms with van der Waals surface area (Å²) in [5.41, 5.74) is -2.73. The van der Waals surface area contributed by atoms with Crippen molar-refractivity contribution in [2.45, 2.75) is 19.6 Å². The number of azo groups is 2. The Morgan fingerprint density at radius 3 is 1.70 bits per heavy atom. The topological polar surface area (TPSA) is 377 Å². The zero-order valence-electron chi connectivity index (χ0n) is 31.5. The molecule has 23 nitrogen and oxygen atoms in total. The van der Waals surface area contributed by atoms with E-state index in [0.29, 0.717) is 23.6 Å². The fourth-order valence-electron chi connectivity index (χ4n) is 4.47. The van der Waals surface area contributed by atoms with Crippen molar-refractivity contribution in [3.8, 4) is 5.75 Å². The van der Waals surface area contributed by atoms with E-state index < -0.39 is 127 Å². The summed E-state index contributed by atoms with van der Waals surface area (Å²) in [6, 6.07) is 9.19. The van der Waals surface area contributed by atoms with Gasteiger partial charge >= 0.3 is 129 Å². The van der Waals surface area contributed by atoms with Gasteiger partial charge in [0.1, 0.15) is 32.7 Å². The number of phenols is 1. The Morgan fingerprint density at radius 2 is 1.18 bits per heavy atom. The smallest absolute Gasteiger partial charge is 0.505 e. The molecule has 0 saturated heterocycles. The SMILES string of the molecule is C=CS(=O)(=O)c1ccc(N=Nc2c(S(=O)(=O)O)cc3c(N=Nc4ccc(S(=O)(=O)CCOS(=O)(=O)O)cc4S(=O)(=O)O)c(NCS(=O)(=O)O)ccc3c2O)cc1.[Na+].[Na+].[Na+].[Na+]. The third-order valence-corrected chi connectivity index (χ3v) is 12.8. The van der Waals surface area contributed by atoms with Crippen LogP contribution in [0.1, 0.15) is 0 Å². The molecule has 33 heteroatoms. The van der Waals surface area contributed by atoms with E-state index in [1.54, 1.807) is 0 Å². The molecule has 302 valence electrons. The van der Waals surface area contributed by atoms with Gasteiger partial charge in [-0.3, -0.25) is 18.2 Å². The Bertz CT molecular complexity index is 3010. The zero-order valence-corrected chi connectivity index (χ0v) is 44.4. The van der Waals surface area contributed by atoms with Crippen molar-refractivity contribution < 1.29 is 196 Å². The number of fused-ring (bicyclic) bond motifs is 1. The van der Waals surface area contributed by atoms with Crippen molar-refractivity contribution in [3.63, 3.8) is 0 Å². The molecule has 0 atom stereocenters. The second-order valence-electron chi connectivity index (χ2n) is 10.8. The predicted molar refractivity (Wildman–Crippen MR) is 193 cm³/mol. The normalized spacial score (nSPS) is 12.5. The van der Waals surface area contributed by atoms with Crippen molar-refractivity contribution in [2.24, 2.45) is 20.5 Å². The summed E-state index contributed by atoms with van der Waals surface area (Å²) in [7, 11) is -28.9. The molecule has 0 amide bonds. The third kappa shape index (κ3) is 16.0. The average molecular weight is 992 g/mol. The van der Waals surface area contributed by atoms with E-state index in [2.05, 4.69) is 36.5 Å². The van der Waals surface area contributed by atoms with Gasteiger partial charge in [0, 0.05) is 16.2 Å². The summed E-state index contributed by atoms with van der Waals surface area (Å²) in [5, 5.41) is 28.3. The second-order valence-corrected chi connectivity index (χ2v) is 20.1. The number of hydrogen-bond donors (Lipinski definition) is 6. The molecule has 0 unspecified atom stereocenters. The minimum Gasteiger partial charge on any atom is -0.505 e. The standard InChI is InChI=1S/C27H25N5O18S6.4Na/c1-2-51(34,35)17-5-3-16(4-6-17)29-32-26-24(55(44,45)46)14-20-19(27(26)33)8-10-22(28-15-53(38,39)40)25(20)31-30-21-9-7-18(13-23(21)54(41,42)43)52(36,37)12-11-50-56(47,48)49;;;;/h2-10,13-14,28,33H,1,11-12,15H2,(H,38,39,40)(H,41,42,43)(H,44,45,46)(H,47,48,49);;;;/q;4*+1. The molecule has 60 heavy (non-hydrogen) atoms. The van der Waals surface area contributed by atoms with Gasteiger partial charge in [0.15, 0.2) is 25.4 Å². The minimum absolute atomic E-state index is 0. The van der Waals surface area contributed by atoms with Gasteiger partial charge in [-0.05, 0) is 60.7 Å². The van der Waals surface area contributed by atoms with Crippen LogP contribution in [0.15, 0.2) is 113 Å². The van der Waals surface area contributed by atoms with Crippen LogP contribution >= 0.6 is 0 Å². The van der Waals surface area contributed by atoms with Gasteiger partial charge in [-0.1, -0.05) is 6.58 Å².